The number of rotatable bonds is 3. The molecule has 1 rings (SSSR count). The van der Waals surface area contributed by atoms with Crippen molar-refractivity contribution in [1.82, 2.24) is 0 Å². The Kier molecular flexibility index (Phi) is 3.56. The Morgan fingerprint density at radius 1 is 1.50 bits per heavy atom. The molecule has 0 aromatic carbocycles. The number of hydrogen-bond acceptors (Lipinski definition) is 3. The maximum absolute atomic E-state index is 9.92. The number of hydrogen-bond donors (Lipinski definition) is 1. The molecule has 0 unspecified atom stereocenters. The monoisotopic (exact) mass is 202 g/mol. The van der Waals surface area contributed by atoms with Crippen molar-refractivity contribution in [2.75, 3.05) is 7.11 Å². The Balaban J connectivity index is 2.95. The molecule has 3 nitrogen and oxygen atoms in total. The van der Waals surface area contributed by atoms with Gasteiger partial charge in [0.25, 0.3) is 0 Å². The molecule has 1 heterocycles. The van der Waals surface area contributed by atoms with Crippen LogP contribution in [0.4, 0.5) is 0 Å². The minimum atomic E-state index is -0.512. The third-order valence-corrected chi connectivity index (χ3v) is 3.46. The first-order valence-electron chi connectivity index (χ1n) is 5.38. The molecule has 0 aromatic rings. The third kappa shape index (κ3) is 1.58. The molecule has 1 N–H and O–H groups in total. The predicted octanol–water partition coefficient (Wildman–Crippen LogP) is 1.59. The molecule has 1 saturated heterocycles. The van der Waals surface area contributed by atoms with Gasteiger partial charge < -0.3 is 14.6 Å². The summed E-state index contributed by atoms with van der Waals surface area (Å²) in [5, 5.41) is 9.92. The summed E-state index contributed by atoms with van der Waals surface area (Å²) in [6, 6.07) is 0. The molecule has 84 valence electrons. The van der Waals surface area contributed by atoms with Crippen LogP contribution in [-0.2, 0) is 9.47 Å². The lowest BCUT2D eigenvalue weighted by Gasteiger charge is -2.36. The highest BCUT2D eigenvalue weighted by molar-refractivity contribution is 5.02. The summed E-state index contributed by atoms with van der Waals surface area (Å²) >= 11 is 0. The minimum Gasteiger partial charge on any atom is -0.388 e. The van der Waals surface area contributed by atoms with Gasteiger partial charge in [-0.05, 0) is 19.3 Å². The smallest absolute Gasteiger partial charge is 0.115 e. The highest BCUT2D eigenvalue weighted by Gasteiger charge is 2.54. The van der Waals surface area contributed by atoms with Crippen LogP contribution in [0, 0.1) is 5.92 Å². The van der Waals surface area contributed by atoms with E-state index in [2.05, 4.69) is 20.8 Å². The SMILES string of the molecule is CC[C@@]1(C(C)C)O[C@@H](C)[C@@H](O)[C@@H]1OC. The van der Waals surface area contributed by atoms with Gasteiger partial charge in [-0.1, -0.05) is 20.8 Å². The van der Waals surface area contributed by atoms with Crippen molar-refractivity contribution in [3.63, 3.8) is 0 Å². The molecule has 4 atom stereocenters. The van der Waals surface area contributed by atoms with Crippen LogP contribution < -0.4 is 0 Å². The lowest BCUT2D eigenvalue weighted by molar-refractivity contribution is -0.121. The van der Waals surface area contributed by atoms with Crippen LogP contribution in [0.2, 0.25) is 0 Å². The van der Waals surface area contributed by atoms with Crippen LogP contribution in [-0.4, -0.2) is 36.1 Å². The lowest BCUT2D eigenvalue weighted by Crippen LogP contribution is -2.48. The first-order valence-corrected chi connectivity index (χ1v) is 5.38. The predicted molar refractivity (Wildman–Crippen MR) is 55.2 cm³/mol. The van der Waals surface area contributed by atoms with Gasteiger partial charge in [-0.15, -0.1) is 0 Å². The van der Waals surface area contributed by atoms with Gasteiger partial charge >= 0.3 is 0 Å². The fourth-order valence-corrected chi connectivity index (χ4v) is 2.51. The standard InChI is InChI=1S/C11H22O3/c1-6-11(7(2)3)10(13-5)9(12)8(4)14-11/h7-10,12H,6H2,1-5H3/t8-,9+,10-,11-/m0/s1. The molecule has 0 saturated carbocycles. The fourth-order valence-electron chi connectivity index (χ4n) is 2.51. The van der Waals surface area contributed by atoms with Crippen molar-refractivity contribution in [3.8, 4) is 0 Å². The maximum atomic E-state index is 9.92. The summed E-state index contributed by atoms with van der Waals surface area (Å²) in [7, 11) is 1.64. The van der Waals surface area contributed by atoms with Gasteiger partial charge in [0.05, 0.1) is 11.7 Å². The molecular weight excluding hydrogens is 180 g/mol. The molecule has 0 amide bonds. The quantitative estimate of drug-likeness (QED) is 0.755. The van der Waals surface area contributed by atoms with E-state index in [1.54, 1.807) is 7.11 Å². The first-order chi connectivity index (χ1) is 6.49. The molecule has 1 aliphatic rings. The minimum absolute atomic E-state index is 0.137. The number of methoxy groups -OCH3 is 1. The Morgan fingerprint density at radius 3 is 2.36 bits per heavy atom. The summed E-state index contributed by atoms with van der Waals surface area (Å²) in [6.07, 6.45) is 0.0112. The highest BCUT2D eigenvalue weighted by atomic mass is 16.6. The van der Waals surface area contributed by atoms with Crippen LogP contribution in [0.3, 0.4) is 0 Å². The van der Waals surface area contributed by atoms with Gasteiger partial charge in [0, 0.05) is 7.11 Å². The van der Waals surface area contributed by atoms with Crippen molar-refractivity contribution >= 4 is 0 Å². The zero-order chi connectivity index (χ0) is 10.9. The summed E-state index contributed by atoms with van der Waals surface area (Å²) in [6.45, 7) is 8.20. The normalized spacial score (nSPS) is 43.5. The largest absolute Gasteiger partial charge is 0.388 e. The van der Waals surface area contributed by atoms with E-state index in [0.29, 0.717) is 5.92 Å². The van der Waals surface area contributed by atoms with Crippen molar-refractivity contribution in [1.29, 1.82) is 0 Å². The Morgan fingerprint density at radius 2 is 2.07 bits per heavy atom. The van der Waals surface area contributed by atoms with E-state index < -0.39 is 6.10 Å². The zero-order valence-corrected chi connectivity index (χ0v) is 9.78. The highest BCUT2D eigenvalue weighted by Crippen LogP contribution is 2.40. The molecule has 1 fully saturated rings. The molecule has 0 aromatic heterocycles. The average Bonchev–Trinajstić information content (AvgIpc) is 2.40. The van der Waals surface area contributed by atoms with Crippen LogP contribution >= 0.6 is 0 Å². The second-order valence-corrected chi connectivity index (χ2v) is 4.43. The molecule has 3 heteroatoms. The number of aliphatic hydroxyl groups is 1. The van der Waals surface area contributed by atoms with Gasteiger partial charge in [0.15, 0.2) is 0 Å². The van der Waals surface area contributed by atoms with Gasteiger partial charge in [0.2, 0.25) is 0 Å². The van der Waals surface area contributed by atoms with E-state index in [4.69, 9.17) is 9.47 Å². The first kappa shape index (κ1) is 12.0. The fraction of sp³-hybridized carbons (Fsp3) is 1.00. The molecule has 14 heavy (non-hydrogen) atoms. The van der Waals surface area contributed by atoms with Gasteiger partial charge in [-0.3, -0.25) is 0 Å². The molecular formula is C11H22O3. The second kappa shape index (κ2) is 4.17. The average molecular weight is 202 g/mol. The van der Waals surface area contributed by atoms with Crippen molar-refractivity contribution in [2.24, 2.45) is 5.92 Å². The summed E-state index contributed by atoms with van der Waals surface area (Å²) < 4.78 is 11.3. The van der Waals surface area contributed by atoms with Crippen LogP contribution in [0.25, 0.3) is 0 Å². The van der Waals surface area contributed by atoms with Gasteiger partial charge in [-0.25, -0.2) is 0 Å². The van der Waals surface area contributed by atoms with E-state index in [-0.39, 0.29) is 17.8 Å². The summed E-state index contributed by atoms with van der Waals surface area (Å²) in [5.41, 5.74) is -0.326. The summed E-state index contributed by atoms with van der Waals surface area (Å²) in [5.74, 6) is 0.344. The van der Waals surface area contributed by atoms with Crippen LogP contribution in [0.15, 0.2) is 0 Å². The van der Waals surface area contributed by atoms with Crippen molar-refractivity contribution in [2.45, 2.75) is 58.0 Å². The van der Waals surface area contributed by atoms with Crippen molar-refractivity contribution in [3.05, 3.63) is 0 Å². The van der Waals surface area contributed by atoms with E-state index in [9.17, 15) is 5.11 Å². The second-order valence-electron chi connectivity index (χ2n) is 4.43. The molecule has 0 spiro atoms. The third-order valence-electron chi connectivity index (χ3n) is 3.46. The van der Waals surface area contributed by atoms with Gasteiger partial charge in [0.1, 0.15) is 12.2 Å². The molecule has 0 radical (unpaired) electrons. The maximum Gasteiger partial charge on any atom is 0.115 e. The number of aliphatic hydroxyl groups excluding tert-OH is 1. The zero-order valence-electron chi connectivity index (χ0n) is 9.78. The van der Waals surface area contributed by atoms with Crippen LogP contribution in [0.1, 0.15) is 34.1 Å². The Bertz CT molecular complexity index is 193. The molecule has 0 bridgehead atoms. The van der Waals surface area contributed by atoms with E-state index in [0.717, 1.165) is 6.42 Å². The topological polar surface area (TPSA) is 38.7 Å². The van der Waals surface area contributed by atoms with E-state index in [1.165, 1.54) is 0 Å². The van der Waals surface area contributed by atoms with E-state index in [1.807, 2.05) is 6.92 Å². The van der Waals surface area contributed by atoms with Crippen molar-refractivity contribution < 1.29 is 14.6 Å². The Hall–Kier alpha value is -0.120. The van der Waals surface area contributed by atoms with Gasteiger partial charge in [-0.2, -0.15) is 0 Å². The van der Waals surface area contributed by atoms with E-state index >= 15 is 0 Å². The summed E-state index contributed by atoms with van der Waals surface area (Å²) in [4.78, 5) is 0. The molecule has 0 aliphatic carbocycles. The molecule has 1 aliphatic heterocycles. The number of ether oxygens (including phenoxy) is 2. The Labute approximate surface area is 86.4 Å². The van der Waals surface area contributed by atoms with Crippen LogP contribution in [0.5, 0.6) is 0 Å². The lowest BCUT2D eigenvalue weighted by atomic mass is 9.82.